The molecule has 2 rings (SSSR count). The minimum Gasteiger partial charge on any atom is -0.415 e. The molecule has 1 amide bonds. The molecule has 1 aromatic carbocycles. The summed E-state index contributed by atoms with van der Waals surface area (Å²) in [5.41, 5.74) is 0.479. The van der Waals surface area contributed by atoms with Gasteiger partial charge < -0.3 is 14.7 Å². The van der Waals surface area contributed by atoms with Crippen molar-refractivity contribution in [3.63, 3.8) is 0 Å². The predicted molar refractivity (Wildman–Crippen MR) is 68.3 cm³/mol. The molecule has 18 heavy (non-hydrogen) atoms. The van der Waals surface area contributed by atoms with Gasteiger partial charge in [-0.3, -0.25) is 0 Å². The van der Waals surface area contributed by atoms with Crippen LogP contribution in [0.1, 0.15) is 31.1 Å². The zero-order chi connectivity index (χ0) is 13.0. The summed E-state index contributed by atoms with van der Waals surface area (Å²) in [6.45, 7) is 1.39. The molecule has 0 radical (unpaired) electrons. The van der Waals surface area contributed by atoms with E-state index in [9.17, 15) is 9.90 Å². The van der Waals surface area contributed by atoms with Crippen molar-refractivity contribution in [2.45, 2.75) is 25.6 Å². The van der Waals surface area contributed by atoms with Crippen molar-refractivity contribution in [1.82, 2.24) is 4.90 Å². The number of halogens is 1. The maximum Gasteiger partial charge on any atom is 0.412 e. The first-order valence-corrected chi connectivity index (χ1v) is 6.44. The number of hydrogen-bond donors (Lipinski definition) is 1. The Morgan fingerprint density at radius 2 is 2.06 bits per heavy atom. The molecule has 1 fully saturated rings. The van der Waals surface area contributed by atoms with Crippen LogP contribution in [0.5, 0.6) is 0 Å². The van der Waals surface area contributed by atoms with Gasteiger partial charge in [-0.1, -0.05) is 23.7 Å². The Hall–Kier alpha value is -1.26. The van der Waals surface area contributed by atoms with Gasteiger partial charge in [0, 0.05) is 23.7 Å². The maximum absolute atomic E-state index is 11.8. The molecule has 1 heterocycles. The molecular weight excluding hydrogens is 254 g/mol. The summed E-state index contributed by atoms with van der Waals surface area (Å²) < 4.78 is 5.01. The van der Waals surface area contributed by atoms with E-state index in [1.165, 1.54) is 0 Å². The first kappa shape index (κ1) is 13.2. The largest absolute Gasteiger partial charge is 0.415 e. The number of rotatable bonds is 2. The topological polar surface area (TPSA) is 49.8 Å². The molecule has 1 N–H and O–H groups in total. The third-order valence-electron chi connectivity index (χ3n) is 2.96. The Balaban J connectivity index is 1.94. The highest BCUT2D eigenvalue weighted by molar-refractivity contribution is 6.30. The molecule has 1 atom stereocenters. The molecule has 0 aromatic heterocycles. The monoisotopic (exact) mass is 269 g/mol. The number of carbonyl (C=O) groups is 1. The minimum absolute atomic E-state index is 0.470. The Bertz CT molecular complexity index is 418. The van der Waals surface area contributed by atoms with Gasteiger partial charge in [0.1, 0.15) is 0 Å². The van der Waals surface area contributed by atoms with Crippen LogP contribution in [0.2, 0.25) is 5.02 Å². The molecule has 0 bridgehead atoms. The van der Waals surface area contributed by atoms with Gasteiger partial charge in [0.05, 0.1) is 0 Å². The first-order chi connectivity index (χ1) is 8.66. The summed E-state index contributed by atoms with van der Waals surface area (Å²) in [4.78, 5) is 13.4. The average molecular weight is 270 g/mol. The lowest BCUT2D eigenvalue weighted by Crippen LogP contribution is -2.36. The lowest BCUT2D eigenvalue weighted by molar-refractivity contribution is -0.0681. The van der Waals surface area contributed by atoms with Crippen LogP contribution < -0.4 is 0 Å². The van der Waals surface area contributed by atoms with Gasteiger partial charge in [-0.2, -0.15) is 0 Å². The SMILES string of the molecule is O=C(O[C@@H](O)c1cccc(Cl)c1)N1CCCCC1. The summed E-state index contributed by atoms with van der Waals surface area (Å²) in [7, 11) is 0. The second-order valence-electron chi connectivity index (χ2n) is 4.34. The molecule has 0 unspecified atom stereocenters. The maximum atomic E-state index is 11.8. The fourth-order valence-corrected chi connectivity index (χ4v) is 2.17. The number of hydrogen-bond acceptors (Lipinski definition) is 3. The zero-order valence-electron chi connectivity index (χ0n) is 10.0. The van der Waals surface area contributed by atoms with Crippen molar-refractivity contribution >= 4 is 17.7 Å². The van der Waals surface area contributed by atoms with E-state index >= 15 is 0 Å². The first-order valence-electron chi connectivity index (χ1n) is 6.06. The van der Waals surface area contributed by atoms with Crippen molar-refractivity contribution in [1.29, 1.82) is 0 Å². The van der Waals surface area contributed by atoms with E-state index in [0.717, 1.165) is 19.3 Å². The highest BCUT2D eigenvalue weighted by Gasteiger charge is 2.21. The predicted octanol–water partition coefficient (Wildman–Crippen LogP) is 2.95. The van der Waals surface area contributed by atoms with Crippen LogP contribution in [-0.2, 0) is 4.74 Å². The number of likely N-dealkylation sites (tertiary alicyclic amines) is 1. The molecular formula is C13H16ClNO3. The summed E-state index contributed by atoms with van der Waals surface area (Å²) in [6, 6.07) is 6.65. The van der Waals surface area contributed by atoms with Gasteiger partial charge in [-0.25, -0.2) is 4.79 Å². The number of carbonyl (C=O) groups excluding carboxylic acids is 1. The number of piperidine rings is 1. The summed E-state index contributed by atoms with van der Waals surface area (Å²) >= 11 is 5.81. The van der Waals surface area contributed by atoms with Crippen molar-refractivity contribution in [2.75, 3.05) is 13.1 Å². The van der Waals surface area contributed by atoms with Crippen molar-refractivity contribution in [3.05, 3.63) is 34.9 Å². The minimum atomic E-state index is -1.27. The number of aliphatic hydroxyl groups excluding tert-OH is 1. The summed E-state index contributed by atoms with van der Waals surface area (Å²) in [5, 5.41) is 10.3. The van der Waals surface area contributed by atoms with Crippen molar-refractivity contribution in [3.8, 4) is 0 Å². The fourth-order valence-electron chi connectivity index (χ4n) is 1.97. The van der Waals surface area contributed by atoms with Gasteiger partial charge in [0.2, 0.25) is 6.29 Å². The van der Waals surface area contributed by atoms with Crippen LogP contribution in [0.3, 0.4) is 0 Å². The molecule has 1 saturated heterocycles. The van der Waals surface area contributed by atoms with E-state index in [1.54, 1.807) is 29.2 Å². The van der Waals surface area contributed by atoms with E-state index in [2.05, 4.69) is 0 Å². The number of aliphatic hydroxyl groups is 1. The molecule has 98 valence electrons. The molecule has 4 nitrogen and oxygen atoms in total. The number of benzene rings is 1. The van der Waals surface area contributed by atoms with E-state index < -0.39 is 12.4 Å². The third kappa shape index (κ3) is 3.37. The van der Waals surface area contributed by atoms with Gasteiger partial charge in [-0.15, -0.1) is 0 Å². The van der Waals surface area contributed by atoms with Crippen LogP contribution in [-0.4, -0.2) is 29.2 Å². The summed E-state index contributed by atoms with van der Waals surface area (Å²) in [5.74, 6) is 0. The third-order valence-corrected chi connectivity index (χ3v) is 3.20. The Morgan fingerprint density at radius 1 is 1.33 bits per heavy atom. The lowest BCUT2D eigenvalue weighted by atomic mass is 10.1. The standard InChI is InChI=1S/C13H16ClNO3/c14-11-6-4-5-10(9-11)12(16)18-13(17)15-7-2-1-3-8-15/h4-6,9,12,16H,1-3,7-8H2/t12-/m1/s1. The fraction of sp³-hybridized carbons (Fsp3) is 0.462. The van der Waals surface area contributed by atoms with Crippen molar-refractivity contribution in [2.24, 2.45) is 0 Å². The highest BCUT2D eigenvalue weighted by atomic mass is 35.5. The van der Waals surface area contributed by atoms with Crippen LogP contribution in [0.15, 0.2) is 24.3 Å². The van der Waals surface area contributed by atoms with E-state index in [4.69, 9.17) is 16.3 Å². The smallest absolute Gasteiger partial charge is 0.412 e. The normalized spacial score (nSPS) is 17.3. The molecule has 0 aliphatic carbocycles. The summed E-state index contributed by atoms with van der Waals surface area (Å²) in [6.07, 6.45) is 1.38. The Morgan fingerprint density at radius 3 is 2.72 bits per heavy atom. The van der Waals surface area contributed by atoms with Gasteiger partial charge >= 0.3 is 6.09 Å². The Labute approximate surface area is 111 Å². The van der Waals surface area contributed by atoms with Gasteiger partial charge in [-0.05, 0) is 31.4 Å². The van der Waals surface area contributed by atoms with E-state index in [-0.39, 0.29) is 0 Å². The molecule has 1 aliphatic heterocycles. The zero-order valence-corrected chi connectivity index (χ0v) is 10.8. The van der Waals surface area contributed by atoms with Gasteiger partial charge in [0.25, 0.3) is 0 Å². The van der Waals surface area contributed by atoms with Crippen LogP contribution in [0.25, 0.3) is 0 Å². The van der Waals surface area contributed by atoms with Gasteiger partial charge in [0.15, 0.2) is 0 Å². The Kier molecular flexibility index (Phi) is 4.44. The van der Waals surface area contributed by atoms with Crippen molar-refractivity contribution < 1.29 is 14.6 Å². The van der Waals surface area contributed by atoms with E-state index in [0.29, 0.717) is 23.7 Å². The van der Waals surface area contributed by atoms with Crippen LogP contribution in [0.4, 0.5) is 4.79 Å². The highest BCUT2D eigenvalue weighted by Crippen LogP contribution is 2.20. The molecule has 1 aromatic rings. The molecule has 5 heteroatoms. The average Bonchev–Trinajstić information content (AvgIpc) is 2.39. The van der Waals surface area contributed by atoms with E-state index in [1.807, 2.05) is 0 Å². The quantitative estimate of drug-likeness (QED) is 0.840. The molecule has 1 aliphatic rings. The molecule has 0 saturated carbocycles. The number of ether oxygens (including phenoxy) is 1. The van der Waals surface area contributed by atoms with Crippen LogP contribution in [0, 0.1) is 0 Å². The molecule has 0 spiro atoms. The van der Waals surface area contributed by atoms with Crippen LogP contribution >= 0.6 is 11.6 Å². The number of nitrogens with zero attached hydrogens (tertiary/aromatic N) is 1. The second-order valence-corrected chi connectivity index (χ2v) is 4.78. The number of amides is 1. The second kappa shape index (κ2) is 6.07. The lowest BCUT2D eigenvalue weighted by Gasteiger charge is -2.27.